The lowest BCUT2D eigenvalue weighted by Crippen LogP contribution is -2.51. The first kappa shape index (κ1) is 31.8. The van der Waals surface area contributed by atoms with Gasteiger partial charge < -0.3 is 10.2 Å². The fourth-order valence-corrected chi connectivity index (χ4v) is 5.61. The third kappa shape index (κ3) is 9.70. The van der Waals surface area contributed by atoms with Crippen LogP contribution in [0.1, 0.15) is 43.4 Å². The molecule has 3 aromatic rings. The smallest absolute Gasteiger partial charge is 0.243 e. The number of anilines is 1. The molecule has 2 amide bonds. The molecular formula is C32H40FN3O4S. The summed E-state index contributed by atoms with van der Waals surface area (Å²) in [5.41, 5.74) is 2.97. The number of carbonyl (C=O) groups is 2. The van der Waals surface area contributed by atoms with E-state index in [1.54, 1.807) is 24.3 Å². The summed E-state index contributed by atoms with van der Waals surface area (Å²) in [5, 5.41) is 2.97. The Morgan fingerprint density at radius 1 is 0.902 bits per heavy atom. The molecule has 0 radical (unpaired) electrons. The molecule has 0 saturated carbocycles. The van der Waals surface area contributed by atoms with Crippen LogP contribution in [0.15, 0.2) is 78.9 Å². The van der Waals surface area contributed by atoms with E-state index in [4.69, 9.17) is 0 Å². The Morgan fingerprint density at radius 3 is 2.15 bits per heavy atom. The summed E-state index contributed by atoms with van der Waals surface area (Å²) in [4.78, 5) is 28.9. The summed E-state index contributed by atoms with van der Waals surface area (Å²) in [6.07, 6.45) is 1.74. The van der Waals surface area contributed by atoms with Gasteiger partial charge in [0.15, 0.2) is 0 Å². The Hall–Kier alpha value is -3.72. The van der Waals surface area contributed by atoms with E-state index in [2.05, 4.69) is 5.32 Å². The number of benzene rings is 3. The molecule has 0 aliphatic heterocycles. The summed E-state index contributed by atoms with van der Waals surface area (Å²) >= 11 is 0. The molecule has 1 atom stereocenters. The number of para-hydroxylation sites is 1. The first-order chi connectivity index (χ1) is 19.5. The van der Waals surface area contributed by atoms with E-state index in [1.807, 2.05) is 63.2 Å². The van der Waals surface area contributed by atoms with E-state index < -0.39 is 16.1 Å². The predicted octanol–water partition coefficient (Wildman–Crippen LogP) is 5.09. The quantitative estimate of drug-likeness (QED) is 0.287. The van der Waals surface area contributed by atoms with Gasteiger partial charge in [-0.2, -0.15) is 0 Å². The van der Waals surface area contributed by atoms with Crippen molar-refractivity contribution in [1.82, 2.24) is 10.2 Å². The molecule has 0 aromatic heterocycles. The molecule has 41 heavy (non-hydrogen) atoms. The van der Waals surface area contributed by atoms with Gasteiger partial charge in [-0.3, -0.25) is 13.9 Å². The van der Waals surface area contributed by atoms with Crippen molar-refractivity contribution in [3.8, 4) is 0 Å². The van der Waals surface area contributed by atoms with Crippen molar-refractivity contribution < 1.29 is 22.4 Å². The Morgan fingerprint density at radius 2 is 1.54 bits per heavy atom. The maximum Gasteiger partial charge on any atom is 0.243 e. The molecule has 0 unspecified atom stereocenters. The highest BCUT2D eigenvalue weighted by Crippen LogP contribution is 2.23. The number of hydrogen-bond donors (Lipinski definition) is 1. The molecule has 0 aliphatic carbocycles. The second-order valence-electron chi connectivity index (χ2n) is 10.7. The number of amides is 2. The maximum absolute atomic E-state index is 13.8. The third-order valence-electron chi connectivity index (χ3n) is 6.76. The second-order valence-corrected chi connectivity index (χ2v) is 12.6. The van der Waals surface area contributed by atoms with Gasteiger partial charge in [-0.15, -0.1) is 0 Å². The third-order valence-corrected chi connectivity index (χ3v) is 7.94. The molecule has 0 bridgehead atoms. The Kier molecular flexibility index (Phi) is 11.5. The van der Waals surface area contributed by atoms with E-state index >= 15 is 0 Å². The van der Waals surface area contributed by atoms with Crippen molar-refractivity contribution >= 4 is 27.5 Å². The van der Waals surface area contributed by atoms with E-state index in [-0.39, 0.29) is 49.5 Å². The number of aryl methyl sites for hydroxylation is 1. The van der Waals surface area contributed by atoms with E-state index in [9.17, 15) is 22.4 Å². The zero-order valence-corrected chi connectivity index (χ0v) is 25.0. The standard InChI is InChI=1S/C32H40FN3O4S/c1-24(2)22-34-32(38)30(21-26-12-6-5-7-13-26)35(23-27-16-18-28(33)19-17-27)31(37)15-10-20-36(41(4,39)40)29-14-9-8-11-25(29)3/h5-9,11-14,16-19,24,30H,10,15,20-23H2,1-4H3,(H,34,38)/t30-/m1/s1. The summed E-state index contributed by atoms with van der Waals surface area (Å²) in [7, 11) is -3.59. The molecule has 3 aromatic carbocycles. The first-order valence-electron chi connectivity index (χ1n) is 13.8. The highest BCUT2D eigenvalue weighted by Gasteiger charge is 2.30. The fraction of sp³-hybridized carbons (Fsp3) is 0.375. The monoisotopic (exact) mass is 581 g/mol. The molecule has 0 spiro atoms. The predicted molar refractivity (Wildman–Crippen MR) is 161 cm³/mol. The molecule has 0 heterocycles. The van der Waals surface area contributed by atoms with Gasteiger partial charge >= 0.3 is 0 Å². The van der Waals surface area contributed by atoms with Crippen LogP contribution in [0.3, 0.4) is 0 Å². The van der Waals surface area contributed by atoms with E-state index in [0.29, 0.717) is 24.2 Å². The Labute approximate surface area is 243 Å². The minimum atomic E-state index is -3.59. The molecule has 3 rings (SSSR count). The lowest BCUT2D eigenvalue weighted by molar-refractivity contribution is -0.141. The SMILES string of the molecule is Cc1ccccc1N(CCCC(=O)N(Cc1ccc(F)cc1)[C@H](Cc1ccccc1)C(=O)NCC(C)C)S(C)(=O)=O. The molecule has 1 N–H and O–H groups in total. The first-order valence-corrected chi connectivity index (χ1v) is 15.7. The molecular weight excluding hydrogens is 541 g/mol. The van der Waals surface area contributed by atoms with Gasteiger partial charge in [0.2, 0.25) is 21.8 Å². The van der Waals surface area contributed by atoms with Crippen molar-refractivity contribution in [2.24, 2.45) is 5.92 Å². The zero-order chi connectivity index (χ0) is 30.0. The number of rotatable bonds is 14. The summed E-state index contributed by atoms with van der Waals surface area (Å²) in [5.74, 6) is -0.718. The number of nitrogens with one attached hydrogen (secondary N) is 1. The van der Waals surface area contributed by atoms with Gasteiger partial charge in [0.25, 0.3) is 0 Å². The van der Waals surface area contributed by atoms with Gasteiger partial charge in [0.05, 0.1) is 11.9 Å². The van der Waals surface area contributed by atoms with Gasteiger partial charge in [-0.1, -0.05) is 74.5 Å². The van der Waals surface area contributed by atoms with Crippen LogP contribution in [0.4, 0.5) is 10.1 Å². The maximum atomic E-state index is 13.8. The zero-order valence-electron chi connectivity index (χ0n) is 24.2. The van der Waals surface area contributed by atoms with Crippen molar-refractivity contribution in [1.29, 1.82) is 0 Å². The highest BCUT2D eigenvalue weighted by atomic mass is 32.2. The van der Waals surface area contributed by atoms with Crippen LogP contribution in [0, 0.1) is 18.7 Å². The van der Waals surface area contributed by atoms with Gasteiger partial charge in [-0.05, 0) is 54.2 Å². The van der Waals surface area contributed by atoms with Crippen LogP contribution in [-0.2, 0) is 32.6 Å². The van der Waals surface area contributed by atoms with E-state index in [1.165, 1.54) is 21.3 Å². The number of carbonyl (C=O) groups excluding carboxylic acids is 2. The van der Waals surface area contributed by atoms with Crippen molar-refractivity contribution in [2.45, 2.75) is 52.6 Å². The van der Waals surface area contributed by atoms with Crippen molar-refractivity contribution in [3.63, 3.8) is 0 Å². The molecule has 9 heteroatoms. The Balaban J connectivity index is 1.88. The summed E-state index contributed by atoms with van der Waals surface area (Å²) in [6, 6.07) is 21.7. The highest BCUT2D eigenvalue weighted by molar-refractivity contribution is 7.92. The average molecular weight is 582 g/mol. The fourth-order valence-electron chi connectivity index (χ4n) is 4.59. The minimum absolute atomic E-state index is 0.0296. The Bertz CT molecular complexity index is 1400. The van der Waals surface area contributed by atoms with Crippen molar-refractivity contribution in [3.05, 3.63) is 101 Å². The number of nitrogens with zero attached hydrogens (tertiary/aromatic N) is 2. The lowest BCUT2D eigenvalue weighted by atomic mass is 10.0. The summed E-state index contributed by atoms with van der Waals surface area (Å²) in [6.45, 7) is 6.52. The number of hydrogen-bond acceptors (Lipinski definition) is 4. The van der Waals surface area contributed by atoms with Crippen LogP contribution in [0.25, 0.3) is 0 Å². The molecule has 0 fully saturated rings. The average Bonchev–Trinajstić information content (AvgIpc) is 2.93. The van der Waals surface area contributed by atoms with Crippen molar-refractivity contribution in [2.75, 3.05) is 23.7 Å². The van der Waals surface area contributed by atoms with Gasteiger partial charge in [0.1, 0.15) is 11.9 Å². The minimum Gasteiger partial charge on any atom is -0.354 e. The largest absolute Gasteiger partial charge is 0.354 e. The van der Waals surface area contributed by atoms with Gasteiger partial charge in [0, 0.05) is 32.5 Å². The molecule has 0 aliphatic rings. The topological polar surface area (TPSA) is 86.8 Å². The number of sulfonamides is 1. The normalized spacial score (nSPS) is 12.1. The lowest BCUT2D eigenvalue weighted by Gasteiger charge is -2.32. The summed E-state index contributed by atoms with van der Waals surface area (Å²) < 4.78 is 40.2. The van der Waals surface area contributed by atoms with Crippen LogP contribution in [-0.4, -0.2) is 50.5 Å². The number of halogens is 1. The van der Waals surface area contributed by atoms with Crippen LogP contribution < -0.4 is 9.62 Å². The van der Waals surface area contributed by atoms with Crippen LogP contribution >= 0.6 is 0 Å². The molecule has 220 valence electrons. The van der Waals surface area contributed by atoms with Crippen LogP contribution in [0.5, 0.6) is 0 Å². The van der Waals surface area contributed by atoms with E-state index in [0.717, 1.165) is 17.4 Å². The molecule has 7 nitrogen and oxygen atoms in total. The molecule has 0 saturated heterocycles. The van der Waals surface area contributed by atoms with Crippen LogP contribution in [0.2, 0.25) is 0 Å². The van der Waals surface area contributed by atoms with Gasteiger partial charge in [-0.25, -0.2) is 12.8 Å². The second kappa shape index (κ2) is 14.8.